The lowest BCUT2D eigenvalue weighted by atomic mass is 9.99. The molecule has 0 aromatic heterocycles. The highest BCUT2D eigenvalue weighted by atomic mass is 16.5. The molecule has 0 aromatic rings. The Morgan fingerprint density at radius 1 is 1.50 bits per heavy atom. The first-order valence-corrected chi connectivity index (χ1v) is 4.30. The van der Waals surface area contributed by atoms with Crippen molar-refractivity contribution in [2.75, 3.05) is 13.2 Å². The zero-order valence-corrected chi connectivity index (χ0v) is 8.04. The van der Waals surface area contributed by atoms with Crippen LogP contribution in [-0.4, -0.2) is 24.3 Å². The number of ether oxygens (including phenoxy) is 1. The molecule has 0 bridgehead atoms. The van der Waals surface area contributed by atoms with Gasteiger partial charge in [-0.05, 0) is 12.3 Å². The third-order valence-electron chi connectivity index (χ3n) is 1.59. The van der Waals surface area contributed by atoms with Crippen molar-refractivity contribution in [3.63, 3.8) is 0 Å². The van der Waals surface area contributed by atoms with Crippen LogP contribution in [0, 0.1) is 11.8 Å². The van der Waals surface area contributed by atoms with Crippen molar-refractivity contribution in [2.24, 2.45) is 11.8 Å². The Bertz CT molecular complexity index is 132. The molecule has 0 rings (SSSR count). The second-order valence-electron chi connectivity index (χ2n) is 3.48. The van der Waals surface area contributed by atoms with Crippen molar-refractivity contribution in [3.05, 3.63) is 0 Å². The maximum atomic E-state index is 10.4. The number of aliphatic hydroxyl groups excluding tert-OH is 1. The van der Waals surface area contributed by atoms with E-state index < -0.39 is 0 Å². The standard InChI is InChI=1S/C9H18O3/c1-7(2)4-9(5-10)6-12-8(3)11/h7,9-10H,4-6H2,1-3H3. The molecule has 0 aliphatic heterocycles. The number of aliphatic hydroxyl groups is 1. The van der Waals surface area contributed by atoms with Crippen LogP contribution in [0.4, 0.5) is 0 Å². The fourth-order valence-electron chi connectivity index (χ4n) is 1.10. The molecule has 0 aromatic carbocycles. The van der Waals surface area contributed by atoms with Crippen molar-refractivity contribution in [1.82, 2.24) is 0 Å². The highest BCUT2D eigenvalue weighted by Crippen LogP contribution is 2.11. The number of rotatable bonds is 5. The Hall–Kier alpha value is -0.570. The van der Waals surface area contributed by atoms with E-state index in [2.05, 4.69) is 13.8 Å². The molecule has 0 saturated heterocycles. The Morgan fingerprint density at radius 3 is 2.42 bits per heavy atom. The summed E-state index contributed by atoms with van der Waals surface area (Å²) in [6.07, 6.45) is 0.893. The maximum Gasteiger partial charge on any atom is 0.302 e. The van der Waals surface area contributed by atoms with Crippen LogP contribution < -0.4 is 0 Å². The van der Waals surface area contributed by atoms with Gasteiger partial charge in [0, 0.05) is 19.4 Å². The quantitative estimate of drug-likeness (QED) is 0.637. The van der Waals surface area contributed by atoms with Gasteiger partial charge in [0.1, 0.15) is 0 Å². The lowest BCUT2D eigenvalue weighted by Gasteiger charge is -2.15. The van der Waals surface area contributed by atoms with Crippen LogP contribution in [0.3, 0.4) is 0 Å². The molecule has 12 heavy (non-hydrogen) atoms. The van der Waals surface area contributed by atoms with E-state index in [-0.39, 0.29) is 18.5 Å². The zero-order chi connectivity index (χ0) is 9.56. The predicted octanol–water partition coefficient (Wildman–Crippen LogP) is 1.20. The van der Waals surface area contributed by atoms with Gasteiger partial charge in [0.05, 0.1) is 6.61 Å². The Balaban J connectivity index is 3.60. The van der Waals surface area contributed by atoms with Crippen molar-refractivity contribution in [2.45, 2.75) is 27.2 Å². The summed E-state index contributed by atoms with van der Waals surface area (Å²) in [4.78, 5) is 10.4. The molecule has 0 saturated carbocycles. The summed E-state index contributed by atoms with van der Waals surface area (Å²) in [6.45, 7) is 5.96. The first kappa shape index (κ1) is 11.4. The average molecular weight is 174 g/mol. The van der Waals surface area contributed by atoms with Crippen molar-refractivity contribution in [3.8, 4) is 0 Å². The summed E-state index contributed by atoms with van der Waals surface area (Å²) in [5.41, 5.74) is 0. The van der Waals surface area contributed by atoms with E-state index >= 15 is 0 Å². The van der Waals surface area contributed by atoms with Gasteiger partial charge in [-0.25, -0.2) is 0 Å². The van der Waals surface area contributed by atoms with E-state index in [1.165, 1.54) is 6.92 Å². The molecule has 0 spiro atoms. The van der Waals surface area contributed by atoms with Gasteiger partial charge in [0.15, 0.2) is 0 Å². The minimum atomic E-state index is -0.280. The molecule has 3 heteroatoms. The van der Waals surface area contributed by atoms with Crippen molar-refractivity contribution >= 4 is 5.97 Å². The molecule has 1 N–H and O–H groups in total. The molecule has 0 fully saturated rings. The van der Waals surface area contributed by atoms with Gasteiger partial charge in [-0.1, -0.05) is 13.8 Å². The largest absolute Gasteiger partial charge is 0.465 e. The van der Waals surface area contributed by atoms with Crippen LogP contribution in [0.25, 0.3) is 0 Å². The van der Waals surface area contributed by atoms with E-state index in [0.717, 1.165) is 6.42 Å². The van der Waals surface area contributed by atoms with E-state index in [9.17, 15) is 4.79 Å². The van der Waals surface area contributed by atoms with Crippen molar-refractivity contribution in [1.29, 1.82) is 0 Å². The van der Waals surface area contributed by atoms with Crippen LogP contribution in [0.1, 0.15) is 27.2 Å². The first-order chi connectivity index (χ1) is 5.56. The van der Waals surface area contributed by atoms with Gasteiger partial charge in [-0.15, -0.1) is 0 Å². The van der Waals surface area contributed by atoms with Gasteiger partial charge < -0.3 is 9.84 Å². The van der Waals surface area contributed by atoms with Crippen LogP contribution >= 0.6 is 0 Å². The maximum absolute atomic E-state index is 10.4. The minimum Gasteiger partial charge on any atom is -0.465 e. The topological polar surface area (TPSA) is 46.5 Å². The van der Waals surface area contributed by atoms with E-state index in [1.54, 1.807) is 0 Å². The summed E-state index contributed by atoms with van der Waals surface area (Å²) in [7, 11) is 0. The molecule has 72 valence electrons. The highest BCUT2D eigenvalue weighted by molar-refractivity contribution is 5.65. The predicted molar refractivity (Wildman–Crippen MR) is 46.7 cm³/mol. The number of hydrogen-bond acceptors (Lipinski definition) is 3. The molecule has 1 atom stereocenters. The zero-order valence-electron chi connectivity index (χ0n) is 8.04. The monoisotopic (exact) mass is 174 g/mol. The molecule has 1 unspecified atom stereocenters. The average Bonchev–Trinajstić information content (AvgIpc) is 1.97. The SMILES string of the molecule is CC(=O)OCC(CO)CC(C)C. The minimum absolute atomic E-state index is 0.0888. The Morgan fingerprint density at radius 2 is 2.08 bits per heavy atom. The van der Waals surface area contributed by atoms with Crippen LogP contribution in [-0.2, 0) is 9.53 Å². The fourth-order valence-corrected chi connectivity index (χ4v) is 1.10. The Labute approximate surface area is 73.7 Å². The lowest BCUT2D eigenvalue weighted by Crippen LogP contribution is -2.17. The van der Waals surface area contributed by atoms with E-state index in [4.69, 9.17) is 9.84 Å². The number of carbonyl (C=O) groups is 1. The van der Waals surface area contributed by atoms with Gasteiger partial charge >= 0.3 is 5.97 Å². The lowest BCUT2D eigenvalue weighted by molar-refractivity contribution is -0.142. The molecule has 0 aliphatic rings. The summed E-state index contributed by atoms with van der Waals surface area (Å²) < 4.78 is 4.80. The van der Waals surface area contributed by atoms with Gasteiger partial charge in [-0.3, -0.25) is 4.79 Å². The summed E-state index contributed by atoms with van der Waals surface area (Å²) in [6, 6.07) is 0. The molecular formula is C9H18O3. The van der Waals surface area contributed by atoms with E-state index in [0.29, 0.717) is 12.5 Å². The highest BCUT2D eigenvalue weighted by Gasteiger charge is 2.10. The van der Waals surface area contributed by atoms with Gasteiger partial charge in [0.25, 0.3) is 0 Å². The summed E-state index contributed by atoms with van der Waals surface area (Å²) in [5, 5.41) is 8.90. The van der Waals surface area contributed by atoms with Crippen LogP contribution in [0.2, 0.25) is 0 Å². The van der Waals surface area contributed by atoms with Crippen LogP contribution in [0.5, 0.6) is 0 Å². The fraction of sp³-hybridized carbons (Fsp3) is 0.889. The number of carbonyl (C=O) groups excluding carboxylic acids is 1. The second-order valence-corrected chi connectivity index (χ2v) is 3.48. The van der Waals surface area contributed by atoms with Crippen LogP contribution in [0.15, 0.2) is 0 Å². The first-order valence-electron chi connectivity index (χ1n) is 4.30. The molecule has 0 aliphatic carbocycles. The van der Waals surface area contributed by atoms with Crippen molar-refractivity contribution < 1.29 is 14.6 Å². The molecule has 3 nitrogen and oxygen atoms in total. The molecule has 0 radical (unpaired) electrons. The molecule has 0 amide bonds. The molecule has 0 heterocycles. The smallest absolute Gasteiger partial charge is 0.302 e. The number of esters is 1. The van der Waals surface area contributed by atoms with Gasteiger partial charge in [0.2, 0.25) is 0 Å². The third kappa shape index (κ3) is 6.16. The summed E-state index contributed by atoms with van der Waals surface area (Å²) >= 11 is 0. The Kier molecular flexibility index (Phi) is 5.72. The van der Waals surface area contributed by atoms with E-state index in [1.807, 2.05) is 0 Å². The second kappa shape index (κ2) is 6.00. The normalized spacial score (nSPS) is 13.1. The van der Waals surface area contributed by atoms with Gasteiger partial charge in [-0.2, -0.15) is 0 Å². The summed E-state index contributed by atoms with van der Waals surface area (Å²) in [5.74, 6) is 0.337. The molecular weight excluding hydrogens is 156 g/mol. The number of hydrogen-bond donors (Lipinski definition) is 1. The third-order valence-corrected chi connectivity index (χ3v) is 1.59.